The van der Waals surface area contributed by atoms with Gasteiger partial charge in [-0.1, -0.05) is 12.1 Å². The van der Waals surface area contributed by atoms with Crippen molar-refractivity contribution in [3.8, 4) is 0 Å². The largest absolute Gasteiger partial charge is 0.360 e. The van der Waals surface area contributed by atoms with Gasteiger partial charge in [0.25, 0.3) is 0 Å². The minimum atomic E-state index is -3.86. The zero-order valence-corrected chi connectivity index (χ0v) is 16.6. The van der Waals surface area contributed by atoms with Crippen LogP contribution in [0.25, 0.3) is 0 Å². The zero-order valence-electron chi connectivity index (χ0n) is 15.0. The Hall–Kier alpha value is -1.16. The molecule has 1 aromatic heterocycles. The second kappa shape index (κ2) is 8.48. The molecule has 10 heteroatoms. The van der Waals surface area contributed by atoms with Gasteiger partial charge in [-0.2, -0.15) is 4.72 Å². The summed E-state index contributed by atoms with van der Waals surface area (Å²) in [4.78, 5) is 12.2. The van der Waals surface area contributed by atoms with E-state index in [1.807, 2.05) is 0 Å². The molecular formula is C15H27ClN4O4S. The molecule has 8 nitrogen and oxygen atoms in total. The molecule has 1 unspecified atom stereocenters. The van der Waals surface area contributed by atoms with Gasteiger partial charge >= 0.3 is 0 Å². The van der Waals surface area contributed by atoms with E-state index in [2.05, 4.69) is 27.4 Å². The number of sulfonamides is 1. The Morgan fingerprint density at radius 3 is 2.48 bits per heavy atom. The Kier molecular flexibility index (Phi) is 7.42. The molecule has 1 aliphatic rings. The third-order valence-corrected chi connectivity index (χ3v) is 6.25. The molecule has 0 saturated carbocycles. The smallest absolute Gasteiger partial charge is 0.246 e. The van der Waals surface area contributed by atoms with Crippen LogP contribution in [0.1, 0.15) is 38.1 Å². The van der Waals surface area contributed by atoms with E-state index >= 15 is 0 Å². The lowest BCUT2D eigenvalue weighted by molar-refractivity contribution is -0.122. The van der Waals surface area contributed by atoms with Gasteiger partial charge in [-0.25, -0.2) is 8.42 Å². The molecule has 2 rings (SSSR count). The zero-order chi connectivity index (χ0) is 18.0. The van der Waals surface area contributed by atoms with Crippen LogP contribution in [0.15, 0.2) is 9.42 Å². The average molecular weight is 395 g/mol. The van der Waals surface area contributed by atoms with E-state index in [-0.39, 0.29) is 40.1 Å². The summed E-state index contributed by atoms with van der Waals surface area (Å²) in [6.07, 6.45) is 1.96. The third-order valence-electron chi connectivity index (χ3n) is 4.46. The molecule has 25 heavy (non-hydrogen) atoms. The highest BCUT2D eigenvalue weighted by Gasteiger charge is 2.30. The van der Waals surface area contributed by atoms with Gasteiger partial charge in [0.2, 0.25) is 15.9 Å². The highest BCUT2D eigenvalue weighted by Crippen LogP contribution is 2.26. The Morgan fingerprint density at radius 1 is 1.36 bits per heavy atom. The Balaban J connectivity index is 0.00000312. The Labute approximate surface area is 154 Å². The van der Waals surface area contributed by atoms with Crippen molar-refractivity contribution in [2.75, 3.05) is 19.6 Å². The number of hydrogen-bond donors (Lipinski definition) is 3. The van der Waals surface area contributed by atoms with E-state index in [4.69, 9.17) is 4.52 Å². The number of carbonyl (C=O) groups excluding carboxylic acids is 1. The number of hydrogen-bond acceptors (Lipinski definition) is 6. The number of aromatic nitrogens is 1. The fraction of sp³-hybridized carbons (Fsp3) is 0.733. The van der Waals surface area contributed by atoms with E-state index in [0.29, 0.717) is 6.54 Å². The molecule has 1 amide bonds. The molecule has 0 aromatic carbocycles. The minimum absolute atomic E-state index is 0. The first-order valence-corrected chi connectivity index (χ1v) is 9.57. The van der Waals surface area contributed by atoms with Crippen LogP contribution in [-0.2, 0) is 14.8 Å². The first-order valence-electron chi connectivity index (χ1n) is 8.08. The van der Waals surface area contributed by atoms with Crippen LogP contribution in [0.2, 0.25) is 0 Å². The van der Waals surface area contributed by atoms with Gasteiger partial charge in [-0.3, -0.25) is 4.79 Å². The van der Waals surface area contributed by atoms with Crippen molar-refractivity contribution in [1.82, 2.24) is 20.5 Å². The van der Waals surface area contributed by atoms with E-state index in [0.717, 1.165) is 25.9 Å². The topological polar surface area (TPSA) is 113 Å². The van der Waals surface area contributed by atoms with Crippen LogP contribution in [0.3, 0.4) is 0 Å². The van der Waals surface area contributed by atoms with Crippen molar-refractivity contribution in [1.29, 1.82) is 0 Å². The number of rotatable bonds is 6. The van der Waals surface area contributed by atoms with Crippen molar-refractivity contribution in [2.45, 2.75) is 51.5 Å². The molecule has 0 aliphatic carbocycles. The van der Waals surface area contributed by atoms with Crippen LogP contribution >= 0.6 is 12.4 Å². The predicted molar refractivity (Wildman–Crippen MR) is 96.2 cm³/mol. The van der Waals surface area contributed by atoms with Gasteiger partial charge in [-0.05, 0) is 52.1 Å². The standard InChI is InChI=1S/C15H26N4O4S.ClH/c1-10-13(12(3)23-18-10)24(21,22)19-11(2)14(20)17-9-15(4)5-7-16-8-6-15;/h11,16,19H,5-9H2,1-4H3,(H,17,20);1H. The number of piperidine rings is 1. The van der Waals surface area contributed by atoms with Crippen LogP contribution in [-0.4, -0.2) is 45.2 Å². The van der Waals surface area contributed by atoms with Gasteiger partial charge < -0.3 is 15.2 Å². The molecule has 1 saturated heterocycles. The quantitative estimate of drug-likeness (QED) is 0.660. The summed E-state index contributed by atoms with van der Waals surface area (Å²) in [5.41, 5.74) is 0.316. The molecule has 1 fully saturated rings. The van der Waals surface area contributed by atoms with Crippen LogP contribution in [0.5, 0.6) is 0 Å². The van der Waals surface area contributed by atoms with Crippen LogP contribution < -0.4 is 15.4 Å². The normalized spacial score (nSPS) is 18.2. The third kappa shape index (κ3) is 5.40. The molecule has 144 valence electrons. The number of amides is 1. The Morgan fingerprint density at radius 2 is 1.96 bits per heavy atom. The molecule has 1 atom stereocenters. The number of nitrogens with zero attached hydrogens (tertiary/aromatic N) is 1. The van der Waals surface area contributed by atoms with E-state index in [9.17, 15) is 13.2 Å². The lowest BCUT2D eigenvalue weighted by Gasteiger charge is -2.34. The number of aryl methyl sites for hydroxylation is 2. The summed E-state index contributed by atoms with van der Waals surface area (Å²) in [7, 11) is -3.86. The number of halogens is 1. The van der Waals surface area contributed by atoms with Gasteiger partial charge in [0, 0.05) is 6.54 Å². The molecule has 1 aromatic rings. The summed E-state index contributed by atoms with van der Waals surface area (Å²) in [5.74, 6) is -0.139. The molecule has 1 aliphatic heterocycles. The van der Waals surface area contributed by atoms with E-state index in [1.165, 1.54) is 13.8 Å². The maximum Gasteiger partial charge on any atom is 0.246 e. The fourth-order valence-corrected chi connectivity index (χ4v) is 4.40. The lowest BCUT2D eigenvalue weighted by Crippen LogP contribution is -2.49. The Bertz CT molecular complexity index is 679. The fourth-order valence-electron chi connectivity index (χ4n) is 2.86. The number of nitrogens with one attached hydrogen (secondary N) is 3. The second-order valence-electron chi connectivity index (χ2n) is 6.77. The van der Waals surface area contributed by atoms with Gasteiger partial charge in [0.1, 0.15) is 10.6 Å². The monoisotopic (exact) mass is 394 g/mol. The van der Waals surface area contributed by atoms with Crippen molar-refractivity contribution < 1.29 is 17.7 Å². The first-order chi connectivity index (χ1) is 11.1. The van der Waals surface area contributed by atoms with Crippen LogP contribution in [0, 0.1) is 19.3 Å². The molecule has 2 heterocycles. The maximum atomic E-state index is 12.4. The molecular weight excluding hydrogens is 368 g/mol. The molecule has 0 spiro atoms. The lowest BCUT2D eigenvalue weighted by atomic mass is 9.81. The average Bonchev–Trinajstić information content (AvgIpc) is 2.85. The highest BCUT2D eigenvalue weighted by atomic mass is 35.5. The van der Waals surface area contributed by atoms with Crippen molar-refractivity contribution >= 4 is 28.3 Å². The summed E-state index contributed by atoms with van der Waals surface area (Å²) in [6.45, 7) is 9.12. The maximum absolute atomic E-state index is 12.4. The van der Waals surface area contributed by atoms with Crippen molar-refractivity contribution in [3.05, 3.63) is 11.5 Å². The van der Waals surface area contributed by atoms with Crippen molar-refractivity contribution in [3.63, 3.8) is 0 Å². The summed E-state index contributed by atoms with van der Waals surface area (Å²) in [5, 5.41) is 9.79. The predicted octanol–water partition coefficient (Wildman–Crippen LogP) is 0.886. The number of carbonyl (C=O) groups is 1. The second-order valence-corrected chi connectivity index (χ2v) is 8.43. The van der Waals surface area contributed by atoms with Gasteiger partial charge in [0.15, 0.2) is 5.76 Å². The molecule has 0 radical (unpaired) electrons. The first kappa shape index (κ1) is 21.9. The van der Waals surface area contributed by atoms with Gasteiger partial charge in [0.05, 0.1) is 6.04 Å². The van der Waals surface area contributed by atoms with Gasteiger partial charge in [-0.15, -0.1) is 12.4 Å². The SMILES string of the molecule is Cc1noc(C)c1S(=O)(=O)NC(C)C(=O)NCC1(C)CCNCC1.Cl. The molecule has 3 N–H and O–H groups in total. The molecule has 0 bridgehead atoms. The summed E-state index contributed by atoms with van der Waals surface area (Å²) in [6, 6.07) is -0.881. The van der Waals surface area contributed by atoms with E-state index < -0.39 is 16.1 Å². The van der Waals surface area contributed by atoms with Crippen LogP contribution in [0.4, 0.5) is 0 Å². The highest BCUT2D eigenvalue weighted by molar-refractivity contribution is 7.89. The summed E-state index contributed by atoms with van der Waals surface area (Å²) >= 11 is 0. The minimum Gasteiger partial charge on any atom is -0.360 e. The summed E-state index contributed by atoms with van der Waals surface area (Å²) < 4.78 is 32.1. The van der Waals surface area contributed by atoms with Crippen molar-refractivity contribution in [2.24, 2.45) is 5.41 Å². The van der Waals surface area contributed by atoms with E-state index in [1.54, 1.807) is 6.92 Å².